The molecule has 0 radical (unpaired) electrons. The highest BCUT2D eigenvalue weighted by Crippen LogP contribution is 2.49. The number of carbonyl (C=O) groups is 2. The van der Waals surface area contributed by atoms with E-state index in [1.54, 1.807) is 25.3 Å². The molecule has 0 heterocycles. The van der Waals surface area contributed by atoms with Crippen LogP contribution in [-0.4, -0.2) is 59.5 Å². The van der Waals surface area contributed by atoms with Crippen LogP contribution < -0.4 is 23.7 Å². The monoisotopic (exact) mass is 504 g/mol. The Morgan fingerprint density at radius 2 is 1.50 bits per heavy atom. The molecule has 198 valence electrons. The number of hydrogen-bond acceptors (Lipinski definition) is 9. The lowest BCUT2D eigenvalue weighted by molar-refractivity contribution is -0.143. The molecule has 36 heavy (non-hydrogen) atoms. The van der Waals surface area contributed by atoms with Crippen molar-refractivity contribution in [2.45, 2.75) is 39.0 Å². The molecule has 2 rings (SSSR count). The van der Waals surface area contributed by atoms with Crippen molar-refractivity contribution in [3.8, 4) is 34.5 Å². The lowest BCUT2D eigenvalue weighted by Crippen LogP contribution is -2.17. The molecular weight excluding hydrogens is 468 g/mol. The summed E-state index contributed by atoms with van der Waals surface area (Å²) in [5.74, 6) is 0.805. The zero-order valence-electron chi connectivity index (χ0n) is 22.0. The fraction of sp³-hybridized carbons (Fsp3) is 0.481. The fourth-order valence-electron chi connectivity index (χ4n) is 4.01. The van der Waals surface area contributed by atoms with E-state index < -0.39 is 11.9 Å². The number of phenols is 1. The zero-order valence-corrected chi connectivity index (χ0v) is 22.0. The molecule has 0 fully saturated rings. The third-order valence-electron chi connectivity index (χ3n) is 5.90. The number of ether oxygens (including phenoxy) is 6. The van der Waals surface area contributed by atoms with Gasteiger partial charge in [-0.15, -0.1) is 0 Å². The van der Waals surface area contributed by atoms with Crippen LogP contribution in [0.15, 0.2) is 18.2 Å². The summed E-state index contributed by atoms with van der Waals surface area (Å²) in [7, 11) is 7.19. The third-order valence-corrected chi connectivity index (χ3v) is 5.90. The molecule has 9 nitrogen and oxygen atoms in total. The maximum Gasteiger partial charge on any atom is 0.343 e. The van der Waals surface area contributed by atoms with Crippen molar-refractivity contribution in [1.82, 2.24) is 0 Å². The van der Waals surface area contributed by atoms with E-state index in [1.165, 1.54) is 28.4 Å². The van der Waals surface area contributed by atoms with Gasteiger partial charge in [-0.3, -0.25) is 0 Å². The summed E-state index contributed by atoms with van der Waals surface area (Å²) in [5.41, 5.74) is 1.93. The highest BCUT2D eigenvalue weighted by atomic mass is 16.6. The van der Waals surface area contributed by atoms with E-state index in [2.05, 4.69) is 13.8 Å². The Hall–Kier alpha value is -3.62. The molecule has 0 bridgehead atoms. The topological polar surface area (TPSA) is 110 Å². The first-order valence-corrected chi connectivity index (χ1v) is 11.6. The van der Waals surface area contributed by atoms with Crippen LogP contribution in [0.25, 0.3) is 0 Å². The van der Waals surface area contributed by atoms with Crippen molar-refractivity contribution in [3.05, 3.63) is 34.9 Å². The van der Waals surface area contributed by atoms with Crippen molar-refractivity contribution in [2.75, 3.05) is 42.2 Å². The standard InChI is InChI=1S/C27H36O9/c1-16(2)8-9-19-20(31-3)14-21(32-4)25(27(19)36-15-24(29)35-7)18(10-11-28)17-12-22(33-5)26(30)23(13-17)34-6/h11-14,16,18,30H,8-10,15H2,1-7H3. The molecule has 0 aromatic heterocycles. The second-order valence-corrected chi connectivity index (χ2v) is 8.53. The number of methoxy groups -OCH3 is 5. The lowest BCUT2D eigenvalue weighted by atomic mass is 9.85. The molecule has 2 aromatic carbocycles. The highest BCUT2D eigenvalue weighted by molar-refractivity contribution is 5.72. The number of rotatable bonds is 14. The van der Waals surface area contributed by atoms with Gasteiger partial charge in [0.25, 0.3) is 0 Å². The van der Waals surface area contributed by atoms with Crippen LogP contribution in [0.4, 0.5) is 0 Å². The molecule has 2 aromatic rings. The maximum absolute atomic E-state index is 12.0. The minimum atomic E-state index is -0.586. The van der Waals surface area contributed by atoms with Gasteiger partial charge in [0.2, 0.25) is 5.75 Å². The number of hydrogen-bond donors (Lipinski definition) is 1. The van der Waals surface area contributed by atoms with Gasteiger partial charge in [-0.05, 0) is 36.5 Å². The van der Waals surface area contributed by atoms with Crippen molar-refractivity contribution >= 4 is 12.3 Å². The molecular formula is C27H36O9. The van der Waals surface area contributed by atoms with Crippen LogP contribution in [-0.2, 0) is 20.7 Å². The molecule has 0 saturated heterocycles. The maximum atomic E-state index is 12.0. The number of benzene rings is 2. The van der Waals surface area contributed by atoms with Crippen molar-refractivity contribution in [3.63, 3.8) is 0 Å². The smallest absolute Gasteiger partial charge is 0.343 e. The second kappa shape index (κ2) is 13.5. The van der Waals surface area contributed by atoms with Gasteiger partial charge < -0.3 is 38.3 Å². The average molecular weight is 505 g/mol. The van der Waals surface area contributed by atoms with E-state index in [9.17, 15) is 14.7 Å². The van der Waals surface area contributed by atoms with Gasteiger partial charge in [-0.2, -0.15) is 0 Å². The van der Waals surface area contributed by atoms with E-state index in [4.69, 9.17) is 28.4 Å². The van der Waals surface area contributed by atoms with Gasteiger partial charge in [0.15, 0.2) is 18.1 Å². The summed E-state index contributed by atoms with van der Waals surface area (Å²) >= 11 is 0. The van der Waals surface area contributed by atoms with Crippen LogP contribution in [0.2, 0.25) is 0 Å². The second-order valence-electron chi connectivity index (χ2n) is 8.53. The Bertz CT molecular complexity index is 1020. The van der Waals surface area contributed by atoms with E-state index in [1.807, 2.05) is 0 Å². The molecule has 0 aliphatic rings. The summed E-state index contributed by atoms with van der Waals surface area (Å²) in [6, 6.07) is 5.02. The Labute approximate surface area is 212 Å². The predicted octanol–water partition coefficient (Wildman–Crippen LogP) is 4.29. The summed E-state index contributed by atoms with van der Waals surface area (Å²) in [6.45, 7) is 3.87. The van der Waals surface area contributed by atoms with E-state index in [-0.39, 0.29) is 30.3 Å². The van der Waals surface area contributed by atoms with Crippen molar-refractivity contribution in [1.29, 1.82) is 0 Å². The molecule has 9 heteroatoms. The first-order valence-electron chi connectivity index (χ1n) is 11.6. The van der Waals surface area contributed by atoms with Crippen molar-refractivity contribution in [2.24, 2.45) is 5.92 Å². The summed E-state index contributed by atoms with van der Waals surface area (Å²) in [4.78, 5) is 23.9. The van der Waals surface area contributed by atoms with Crippen molar-refractivity contribution < 1.29 is 43.1 Å². The summed E-state index contributed by atoms with van der Waals surface area (Å²) in [5, 5.41) is 10.4. The first kappa shape index (κ1) is 28.6. The van der Waals surface area contributed by atoms with Crippen LogP contribution in [0.5, 0.6) is 34.5 Å². The Balaban J connectivity index is 2.89. The molecule has 0 spiro atoms. The van der Waals surface area contributed by atoms with Gasteiger partial charge in [-0.1, -0.05) is 13.8 Å². The summed E-state index contributed by atoms with van der Waals surface area (Å²) in [6.07, 6.45) is 2.27. The number of carbonyl (C=O) groups excluding carboxylic acids is 2. The van der Waals surface area contributed by atoms with E-state index in [0.29, 0.717) is 40.7 Å². The highest BCUT2D eigenvalue weighted by Gasteiger charge is 2.30. The fourth-order valence-corrected chi connectivity index (χ4v) is 4.01. The molecule has 0 amide bonds. The van der Waals surface area contributed by atoms with Crippen LogP contribution in [0.1, 0.15) is 49.3 Å². The Morgan fingerprint density at radius 1 is 0.917 bits per heavy atom. The minimum Gasteiger partial charge on any atom is -0.502 e. The first-order chi connectivity index (χ1) is 17.3. The predicted molar refractivity (Wildman–Crippen MR) is 134 cm³/mol. The zero-order chi connectivity index (χ0) is 26.8. The van der Waals surface area contributed by atoms with Gasteiger partial charge >= 0.3 is 5.97 Å². The SMILES string of the molecule is COC(=O)COc1c(CCC(C)C)c(OC)cc(OC)c1C(CC=O)c1cc(OC)c(O)c(OC)c1. The molecule has 0 aliphatic carbocycles. The van der Waals surface area contributed by atoms with Crippen LogP contribution >= 0.6 is 0 Å². The molecule has 0 aliphatic heterocycles. The normalized spacial score (nSPS) is 11.6. The minimum absolute atomic E-state index is 0.0535. The largest absolute Gasteiger partial charge is 0.502 e. The van der Waals surface area contributed by atoms with Crippen LogP contribution in [0.3, 0.4) is 0 Å². The van der Waals surface area contributed by atoms with Gasteiger partial charge in [0.1, 0.15) is 23.5 Å². The number of aldehydes is 1. The Morgan fingerprint density at radius 3 is 1.97 bits per heavy atom. The number of aromatic hydroxyl groups is 1. The van der Waals surface area contributed by atoms with Gasteiger partial charge in [0, 0.05) is 29.5 Å². The molecule has 1 N–H and O–H groups in total. The Kier molecular flexibility index (Phi) is 10.7. The molecule has 1 unspecified atom stereocenters. The van der Waals surface area contributed by atoms with E-state index in [0.717, 1.165) is 18.3 Å². The van der Waals surface area contributed by atoms with Gasteiger partial charge in [-0.25, -0.2) is 4.79 Å². The van der Waals surface area contributed by atoms with E-state index >= 15 is 0 Å². The lowest BCUT2D eigenvalue weighted by Gasteiger charge is -2.26. The quantitative estimate of drug-likeness (QED) is 0.298. The third kappa shape index (κ3) is 6.53. The summed E-state index contributed by atoms with van der Waals surface area (Å²) < 4.78 is 32.9. The average Bonchev–Trinajstić information content (AvgIpc) is 2.88. The van der Waals surface area contributed by atoms with Crippen LogP contribution in [0, 0.1) is 5.92 Å². The number of esters is 1. The molecule has 1 atom stereocenters. The van der Waals surface area contributed by atoms with Gasteiger partial charge in [0.05, 0.1) is 35.5 Å². The number of phenolic OH excluding ortho intramolecular Hbond substituents is 1. The molecule has 0 saturated carbocycles.